The van der Waals surface area contributed by atoms with Crippen molar-refractivity contribution in [3.63, 3.8) is 0 Å². The van der Waals surface area contributed by atoms with Crippen LogP contribution >= 0.6 is 0 Å². The highest BCUT2D eigenvalue weighted by atomic mass is 19.1. The second kappa shape index (κ2) is 5.78. The maximum atomic E-state index is 13.3. The number of piperidine rings is 1. The van der Waals surface area contributed by atoms with Crippen LogP contribution in [0.4, 0.5) is 20.6 Å². The van der Waals surface area contributed by atoms with Gasteiger partial charge in [0, 0.05) is 36.7 Å². The summed E-state index contributed by atoms with van der Waals surface area (Å²) in [5, 5.41) is 3.00. The van der Waals surface area contributed by atoms with Crippen molar-refractivity contribution in [2.75, 3.05) is 23.3 Å². The minimum absolute atomic E-state index is 0.0499. The van der Waals surface area contributed by atoms with Crippen molar-refractivity contribution in [3.05, 3.63) is 54.1 Å². The number of pyridine rings is 1. The van der Waals surface area contributed by atoms with Gasteiger partial charge < -0.3 is 15.1 Å². The SMILES string of the molecule is Cc1ccccc1NC(=O)N1C2CC1CN(c1ccnc(F)c1)C2. The quantitative estimate of drug-likeness (QED) is 0.863. The Bertz CT molecular complexity index is 769. The first-order valence-corrected chi connectivity index (χ1v) is 8.13. The highest BCUT2D eigenvalue weighted by molar-refractivity contribution is 5.91. The Hall–Kier alpha value is -2.63. The monoisotopic (exact) mass is 326 g/mol. The van der Waals surface area contributed by atoms with Gasteiger partial charge in [-0.15, -0.1) is 0 Å². The fourth-order valence-corrected chi connectivity index (χ4v) is 3.63. The van der Waals surface area contributed by atoms with Crippen LogP contribution < -0.4 is 10.2 Å². The first-order chi connectivity index (χ1) is 11.6. The number of benzene rings is 1. The van der Waals surface area contributed by atoms with Gasteiger partial charge in [0.15, 0.2) is 0 Å². The van der Waals surface area contributed by atoms with Gasteiger partial charge in [-0.2, -0.15) is 4.39 Å². The number of hydrogen-bond acceptors (Lipinski definition) is 3. The Morgan fingerprint density at radius 2 is 2.00 bits per heavy atom. The van der Waals surface area contributed by atoms with Crippen LogP contribution in [-0.4, -0.2) is 41.1 Å². The number of nitrogens with one attached hydrogen (secondary N) is 1. The normalized spacial score (nSPS) is 22.1. The van der Waals surface area contributed by atoms with E-state index in [1.807, 2.05) is 42.2 Å². The summed E-state index contributed by atoms with van der Waals surface area (Å²) in [6.07, 6.45) is 2.48. The summed E-state index contributed by atoms with van der Waals surface area (Å²) in [5.41, 5.74) is 2.72. The number of amides is 2. The summed E-state index contributed by atoms with van der Waals surface area (Å²) >= 11 is 0. The lowest BCUT2D eigenvalue weighted by atomic mass is 9.87. The maximum Gasteiger partial charge on any atom is 0.322 e. The highest BCUT2D eigenvalue weighted by Crippen LogP contribution is 2.35. The van der Waals surface area contributed by atoms with Crippen molar-refractivity contribution in [1.82, 2.24) is 9.88 Å². The summed E-state index contributed by atoms with van der Waals surface area (Å²) in [6.45, 7) is 3.43. The maximum absolute atomic E-state index is 13.3. The number of anilines is 2. The van der Waals surface area contributed by atoms with Gasteiger partial charge in [0.25, 0.3) is 0 Å². The molecule has 124 valence electrons. The van der Waals surface area contributed by atoms with Gasteiger partial charge in [0.05, 0.1) is 12.1 Å². The van der Waals surface area contributed by atoms with E-state index in [9.17, 15) is 9.18 Å². The number of aryl methyl sites for hydroxylation is 1. The molecule has 2 atom stereocenters. The summed E-state index contributed by atoms with van der Waals surface area (Å²) in [5.74, 6) is -0.471. The predicted molar refractivity (Wildman–Crippen MR) is 90.6 cm³/mol. The third-order valence-electron chi connectivity index (χ3n) is 4.89. The average molecular weight is 326 g/mol. The zero-order valence-electron chi connectivity index (χ0n) is 13.4. The number of fused-ring (bicyclic) bond motifs is 2. The molecule has 1 N–H and O–H groups in total. The van der Waals surface area contributed by atoms with Gasteiger partial charge in [-0.25, -0.2) is 9.78 Å². The Morgan fingerprint density at radius 3 is 2.71 bits per heavy atom. The van der Waals surface area contributed by atoms with Gasteiger partial charge in [0.2, 0.25) is 5.95 Å². The molecular formula is C18H19FN4O. The molecular weight excluding hydrogens is 307 g/mol. The fourth-order valence-electron chi connectivity index (χ4n) is 3.63. The van der Waals surface area contributed by atoms with Crippen LogP contribution in [0.5, 0.6) is 0 Å². The van der Waals surface area contributed by atoms with E-state index in [0.29, 0.717) is 0 Å². The Balaban J connectivity index is 1.44. The standard InChI is InChI=1S/C18H19FN4O/c1-12-4-2-3-5-16(12)21-18(24)23-14-8-15(23)11-22(10-14)13-6-7-20-17(19)9-13/h2-7,9,14-15H,8,10-11H2,1H3,(H,21,24). The van der Waals surface area contributed by atoms with Crippen molar-refractivity contribution < 1.29 is 9.18 Å². The minimum atomic E-state index is -0.471. The summed E-state index contributed by atoms with van der Waals surface area (Å²) in [7, 11) is 0. The van der Waals surface area contributed by atoms with E-state index in [4.69, 9.17) is 0 Å². The van der Waals surface area contributed by atoms with Gasteiger partial charge >= 0.3 is 6.03 Å². The van der Waals surface area contributed by atoms with Crippen LogP contribution in [0.2, 0.25) is 0 Å². The molecule has 2 amide bonds. The Labute approximate surface area is 140 Å². The second-order valence-corrected chi connectivity index (χ2v) is 6.44. The summed E-state index contributed by atoms with van der Waals surface area (Å²) in [4.78, 5) is 20.2. The number of hydrogen-bond donors (Lipinski definition) is 1. The lowest BCUT2D eigenvalue weighted by Crippen LogP contribution is -2.71. The molecule has 24 heavy (non-hydrogen) atoms. The lowest BCUT2D eigenvalue weighted by molar-refractivity contribution is 0.0439. The van der Waals surface area contributed by atoms with Crippen molar-refractivity contribution in [1.29, 1.82) is 0 Å². The zero-order chi connectivity index (χ0) is 16.7. The van der Waals surface area contributed by atoms with Gasteiger partial charge in [0.1, 0.15) is 0 Å². The van der Waals surface area contributed by atoms with E-state index in [0.717, 1.165) is 36.4 Å². The molecule has 3 saturated heterocycles. The van der Waals surface area contributed by atoms with Crippen molar-refractivity contribution in [2.45, 2.75) is 25.4 Å². The molecule has 6 heteroatoms. The molecule has 2 aromatic rings. The number of carbonyl (C=O) groups is 1. The summed E-state index contributed by atoms with van der Waals surface area (Å²) in [6, 6.07) is 11.3. The van der Waals surface area contributed by atoms with E-state index < -0.39 is 5.95 Å². The molecule has 0 saturated carbocycles. The van der Waals surface area contributed by atoms with E-state index in [-0.39, 0.29) is 18.1 Å². The van der Waals surface area contributed by atoms with E-state index in [1.54, 1.807) is 0 Å². The molecule has 5 rings (SSSR count). The van der Waals surface area contributed by atoms with Crippen LogP contribution in [0.25, 0.3) is 0 Å². The van der Waals surface area contributed by atoms with E-state index in [2.05, 4.69) is 15.2 Å². The molecule has 2 bridgehead atoms. The third-order valence-corrected chi connectivity index (χ3v) is 4.89. The summed E-state index contributed by atoms with van der Waals surface area (Å²) < 4.78 is 13.3. The molecule has 1 aromatic carbocycles. The van der Waals surface area contributed by atoms with Crippen LogP contribution in [0.1, 0.15) is 12.0 Å². The van der Waals surface area contributed by atoms with E-state index in [1.165, 1.54) is 12.3 Å². The molecule has 3 fully saturated rings. The van der Waals surface area contributed by atoms with Crippen molar-refractivity contribution in [2.24, 2.45) is 0 Å². The third kappa shape index (κ3) is 2.58. The van der Waals surface area contributed by atoms with Crippen molar-refractivity contribution in [3.8, 4) is 0 Å². The largest absolute Gasteiger partial charge is 0.367 e. The molecule has 0 aliphatic carbocycles. The molecule has 3 aliphatic rings. The topological polar surface area (TPSA) is 48.5 Å². The fraction of sp³-hybridized carbons (Fsp3) is 0.333. The number of urea groups is 1. The lowest BCUT2D eigenvalue weighted by Gasteiger charge is -2.56. The van der Waals surface area contributed by atoms with Gasteiger partial charge in [-0.3, -0.25) is 0 Å². The zero-order valence-corrected chi connectivity index (χ0v) is 13.4. The van der Waals surface area contributed by atoms with Gasteiger partial charge in [-0.1, -0.05) is 18.2 Å². The average Bonchev–Trinajstić information content (AvgIpc) is 2.57. The molecule has 3 aliphatic heterocycles. The van der Waals surface area contributed by atoms with E-state index >= 15 is 0 Å². The van der Waals surface area contributed by atoms with Crippen molar-refractivity contribution >= 4 is 17.4 Å². The molecule has 1 aromatic heterocycles. The number of carbonyl (C=O) groups excluding carboxylic acids is 1. The number of rotatable bonds is 2. The number of para-hydroxylation sites is 1. The smallest absolute Gasteiger partial charge is 0.322 e. The molecule has 5 nitrogen and oxygen atoms in total. The van der Waals surface area contributed by atoms with Gasteiger partial charge in [-0.05, 0) is 31.0 Å². The number of piperazine rings is 1. The van der Waals surface area contributed by atoms with Crippen LogP contribution in [0.15, 0.2) is 42.6 Å². The van der Waals surface area contributed by atoms with Crippen LogP contribution in [0, 0.1) is 12.9 Å². The highest BCUT2D eigenvalue weighted by Gasteiger charge is 2.47. The second-order valence-electron chi connectivity index (χ2n) is 6.44. The number of halogens is 1. The molecule has 4 heterocycles. The first-order valence-electron chi connectivity index (χ1n) is 8.13. The molecule has 2 unspecified atom stereocenters. The number of aromatic nitrogens is 1. The van der Waals surface area contributed by atoms with Crippen LogP contribution in [-0.2, 0) is 0 Å². The first kappa shape index (κ1) is 14.9. The number of nitrogens with zero attached hydrogens (tertiary/aromatic N) is 3. The molecule has 0 spiro atoms. The Morgan fingerprint density at radius 1 is 1.25 bits per heavy atom. The molecule has 0 radical (unpaired) electrons. The minimum Gasteiger partial charge on any atom is -0.367 e. The predicted octanol–water partition coefficient (Wildman–Crippen LogP) is 3.02. The Kier molecular flexibility index (Phi) is 3.59. The van der Waals surface area contributed by atoms with Crippen LogP contribution in [0.3, 0.4) is 0 Å².